The quantitative estimate of drug-likeness (QED) is 0.385. The third-order valence-electron chi connectivity index (χ3n) is 4.52. The van der Waals surface area contributed by atoms with Crippen molar-refractivity contribution >= 4 is 10.0 Å². The predicted octanol–water partition coefficient (Wildman–Crippen LogP) is 5.22. The highest BCUT2D eigenvalue weighted by atomic mass is 32.2. The third-order valence-corrected chi connectivity index (χ3v) is 6.39. The Balaban J connectivity index is 4.15. The van der Waals surface area contributed by atoms with E-state index in [-0.39, 0.29) is 0 Å². The van der Waals surface area contributed by atoms with E-state index < -0.39 is 10.0 Å². The second-order valence-corrected chi connectivity index (χ2v) is 9.11. The van der Waals surface area contributed by atoms with E-state index in [9.17, 15) is 8.42 Å². The SMILES string of the molecule is CCCCCCCC(CCCCCC)CCS(=O)(=O)N(C)C. The Hall–Kier alpha value is -0.0900. The van der Waals surface area contributed by atoms with Crippen LogP contribution in [-0.2, 0) is 10.0 Å². The summed E-state index contributed by atoms with van der Waals surface area (Å²) in [6, 6.07) is 0. The van der Waals surface area contributed by atoms with E-state index in [0.29, 0.717) is 11.7 Å². The fourth-order valence-corrected chi connectivity index (χ4v) is 3.82. The van der Waals surface area contributed by atoms with Crippen LogP contribution in [0.5, 0.6) is 0 Å². The van der Waals surface area contributed by atoms with Crippen molar-refractivity contribution in [3.05, 3.63) is 0 Å². The Morgan fingerprint density at radius 1 is 0.727 bits per heavy atom. The number of unbranched alkanes of at least 4 members (excludes halogenated alkanes) is 7. The van der Waals surface area contributed by atoms with Gasteiger partial charge in [-0.3, -0.25) is 0 Å². The Morgan fingerprint density at radius 2 is 1.18 bits per heavy atom. The van der Waals surface area contributed by atoms with Crippen LogP contribution in [0.3, 0.4) is 0 Å². The molecule has 22 heavy (non-hydrogen) atoms. The van der Waals surface area contributed by atoms with Crippen LogP contribution >= 0.6 is 0 Å². The molecule has 0 saturated carbocycles. The lowest BCUT2D eigenvalue weighted by molar-refractivity contribution is 0.391. The van der Waals surface area contributed by atoms with Crippen molar-refractivity contribution in [2.45, 2.75) is 90.9 Å². The Morgan fingerprint density at radius 3 is 1.64 bits per heavy atom. The van der Waals surface area contributed by atoms with Gasteiger partial charge in [-0.25, -0.2) is 12.7 Å². The lowest BCUT2D eigenvalue weighted by Crippen LogP contribution is -2.26. The topological polar surface area (TPSA) is 37.4 Å². The molecule has 3 nitrogen and oxygen atoms in total. The minimum Gasteiger partial charge on any atom is -0.212 e. The van der Waals surface area contributed by atoms with Crippen molar-refractivity contribution in [3.8, 4) is 0 Å². The molecule has 0 N–H and O–H groups in total. The predicted molar refractivity (Wildman–Crippen MR) is 97.7 cm³/mol. The van der Waals surface area contributed by atoms with Crippen LogP contribution in [0.25, 0.3) is 0 Å². The maximum absolute atomic E-state index is 12.0. The largest absolute Gasteiger partial charge is 0.213 e. The molecular weight excluding hydrogens is 294 g/mol. The number of rotatable bonds is 15. The zero-order valence-corrected chi connectivity index (χ0v) is 16.3. The fraction of sp³-hybridized carbons (Fsp3) is 1.00. The zero-order valence-electron chi connectivity index (χ0n) is 15.4. The van der Waals surface area contributed by atoms with Gasteiger partial charge >= 0.3 is 0 Å². The van der Waals surface area contributed by atoms with Crippen molar-refractivity contribution in [2.75, 3.05) is 19.8 Å². The number of hydrogen-bond acceptors (Lipinski definition) is 2. The van der Waals surface area contributed by atoms with Gasteiger partial charge in [-0.15, -0.1) is 0 Å². The van der Waals surface area contributed by atoms with Gasteiger partial charge in [0.1, 0.15) is 0 Å². The third kappa shape index (κ3) is 11.5. The van der Waals surface area contributed by atoms with Gasteiger partial charge in [0.2, 0.25) is 10.0 Å². The van der Waals surface area contributed by atoms with Crippen molar-refractivity contribution in [1.82, 2.24) is 4.31 Å². The molecule has 134 valence electrons. The maximum Gasteiger partial charge on any atom is 0.213 e. The summed E-state index contributed by atoms with van der Waals surface area (Å²) in [7, 11) is 0.236. The molecule has 0 amide bonds. The van der Waals surface area contributed by atoms with Crippen molar-refractivity contribution < 1.29 is 8.42 Å². The highest BCUT2D eigenvalue weighted by Crippen LogP contribution is 2.22. The van der Waals surface area contributed by atoms with E-state index in [2.05, 4.69) is 13.8 Å². The molecule has 0 saturated heterocycles. The highest BCUT2D eigenvalue weighted by molar-refractivity contribution is 7.89. The summed E-state index contributed by atoms with van der Waals surface area (Å²) in [5.74, 6) is 0.904. The molecule has 0 heterocycles. The van der Waals surface area contributed by atoms with E-state index >= 15 is 0 Å². The van der Waals surface area contributed by atoms with Crippen molar-refractivity contribution in [1.29, 1.82) is 0 Å². The highest BCUT2D eigenvalue weighted by Gasteiger charge is 2.17. The van der Waals surface area contributed by atoms with Crippen molar-refractivity contribution in [3.63, 3.8) is 0 Å². The van der Waals surface area contributed by atoms with Gasteiger partial charge in [-0.05, 0) is 12.3 Å². The molecule has 0 bridgehead atoms. The smallest absolute Gasteiger partial charge is 0.212 e. The lowest BCUT2D eigenvalue weighted by Gasteiger charge is -2.18. The average Bonchev–Trinajstić information content (AvgIpc) is 2.47. The van der Waals surface area contributed by atoms with Gasteiger partial charge in [0.15, 0.2) is 0 Å². The lowest BCUT2D eigenvalue weighted by atomic mass is 9.92. The molecule has 0 radical (unpaired) electrons. The standard InChI is InChI=1S/C18H39NO2S/c1-5-7-9-11-13-15-18(14-12-10-8-6-2)16-17-22(20,21)19(3)4/h18H,5-17H2,1-4H3. The molecule has 1 atom stereocenters. The number of sulfonamides is 1. The van der Waals surface area contributed by atoms with E-state index in [1.807, 2.05) is 0 Å². The number of hydrogen-bond donors (Lipinski definition) is 0. The Bertz CT molecular complexity index is 339. The molecule has 0 aromatic rings. The molecule has 0 aliphatic rings. The second-order valence-electron chi connectivity index (χ2n) is 6.81. The molecule has 0 rings (SSSR count). The fourth-order valence-electron chi connectivity index (χ4n) is 2.83. The van der Waals surface area contributed by atoms with Crippen molar-refractivity contribution in [2.24, 2.45) is 5.92 Å². The molecule has 0 aromatic carbocycles. The molecular formula is C18H39NO2S. The summed E-state index contributed by atoms with van der Waals surface area (Å²) in [5, 5.41) is 0. The van der Waals surface area contributed by atoms with Crippen LogP contribution in [0.2, 0.25) is 0 Å². The van der Waals surface area contributed by atoms with E-state index in [4.69, 9.17) is 0 Å². The van der Waals surface area contributed by atoms with E-state index in [0.717, 1.165) is 6.42 Å². The second kappa shape index (κ2) is 13.4. The summed E-state index contributed by atoms with van der Waals surface area (Å²) < 4.78 is 25.3. The van der Waals surface area contributed by atoms with Gasteiger partial charge in [0, 0.05) is 14.1 Å². The van der Waals surface area contributed by atoms with Crippen LogP contribution in [0.1, 0.15) is 90.9 Å². The minimum absolute atomic E-state index is 0.313. The summed E-state index contributed by atoms with van der Waals surface area (Å²) in [5.41, 5.74) is 0. The summed E-state index contributed by atoms with van der Waals surface area (Å²) >= 11 is 0. The molecule has 0 spiro atoms. The first kappa shape index (κ1) is 21.9. The normalized spacial score (nSPS) is 13.7. The van der Waals surface area contributed by atoms with Gasteiger partial charge in [-0.1, -0.05) is 84.5 Å². The Kier molecular flexibility index (Phi) is 13.3. The maximum atomic E-state index is 12.0. The van der Waals surface area contributed by atoms with Crippen LogP contribution in [0.4, 0.5) is 0 Å². The van der Waals surface area contributed by atoms with Crippen LogP contribution in [0.15, 0.2) is 0 Å². The monoisotopic (exact) mass is 333 g/mol. The van der Waals surface area contributed by atoms with E-state index in [1.54, 1.807) is 14.1 Å². The molecule has 0 aliphatic carbocycles. The van der Waals surface area contributed by atoms with E-state index in [1.165, 1.54) is 74.9 Å². The van der Waals surface area contributed by atoms with Crippen LogP contribution in [-0.4, -0.2) is 32.6 Å². The molecule has 0 aromatic heterocycles. The summed E-state index contributed by atoms with van der Waals surface area (Å²) in [4.78, 5) is 0. The van der Waals surface area contributed by atoms with Gasteiger partial charge < -0.3 is 0 Å². The molecule has 0 aliphatic heterocycles. The first-order valence-corrected chi connectivity index (χ1v) is 10.9. The molecule has 0 fully saturated rings. The zero-order chi connectivity index (χ0) is 16.8. The van der Waals surface area contributed by atoms with Crippen LogP contribution in [0, 0.1) is 5.92 Å². The number of nitrogens with zero attached hydrogens (tertiary/aromatic N) is 1. The van der Waals surface area contributed by atoms with Gasteiger partial charge in [-0.2, -0.15) is 0 Å². The van der Waals surface area contributed by atoms with Crippen LogP contribution < -0.4 is 0 Å². The van der Waals surface area contributed by atoms with Gasteiger partial charge in [0.05, 0.1) is 5.75 Å². The Labute approximate surface area is 139 Å². The summed E-state index contributed by atoms with van der Waals surface area (Å²) in [6.07, 6.45) is 14.9. The van der Waals surface area contributed by atoms with Gasteiger partial charge in [0.25, 0.3) is 0 Å². The molecule has 4 heteroatoms. The average molecular weight is 334 g/mol. The first-order valence-electron chi connectivity index (χ1n) is 9.34. The first-order chi connectivity index (χ1) is 10.4. The molecule has 1 unspecified atom stereocenters. The summed E-state index contributed by atoms with van der Waals surface area (Å²) in [6.45, 7) is 4.47. The minimum atomic E-state index is -3.03.